The molecule has 5 heteroatoms. The Labute approximate surface area is 121 Å². The number of amides is 1. The number of rotatable bonds is 4. The number of piperidine rings is 1. The van der Waals surface area contributed by atoms with Gasteiger partial charge in [0.05, 0.1) is 0 Å². The van der Waals surface area contributed by atoms with Crippen LogP contribution in [0.2, 0.25) is 0 Å². The van der Waals surface area contributed by atoms with Crippen molar-refractivity contribution < 1.29 is 4.79 Å². The molecule has 20 heavy (non-hydrogen) atoms. The van der Waals surface area contributed by atoms with Crippen LogP contribution < -0.4 is 5.32 Å². The lowest BCUT2D eigenvalue weighted by Gasteiger charge is -2.35. The molecule has 1 aliphatic rings. The van der Waals surface area contributed by atoms with E-state index in [0.717, 1.165) is 38.3 Å². The van der Waals surface area contributed by atoms with Crippen LogP contribution in [0, 0.1) is 0 Å². The van der Waals surface area contributed by atoms with E-state index in [1.807, 2.05) is 31.0 Å². The summed E-state index contributed by atoms with van der Waals surface area (Å²) >= 11 is 0. The van der Waals surface area contributed by atoms with E-state index in [1.165, 1.54) is 0 Å². The molecule has 1 amide bonds. The van der Waals surface area contributed by atoms with E-state index in [-0.39, 0.29) is 11.9 Å². The number of anilines is 1. The maximum absolute atomic E-state index is 12.5. The second-order valence-corrected chi connectivity index (χ2v) is 5.41. The Morgan fingerprint density at radius 3 is 3.05 bits per heavy atom. The number of pyridine rings is 1. The predicted molar refractivity (Wildman–Crippen MR) is 81.0 cm³/mol. The van der Waals surface area contributed by atoms with Crippen molar-refractivity contribution in [2.45, 2.75) is 25.8 Å². The first-order chi connectivity index (χ1) is 9.61. The lowest BCUT2D eigenvalue weighted by molar-refractivity contribution is 0.0638. The zero-order valence-electron chi connectivity index (χ0n) is 12.6. The minimum Gasteiger partial charge on any atom is -0.370 e. The van der Waals surface area contributed by atoms with Gasteiger partial charge in [-0.25, -0.2) is 4.98 Å². The Hall–Kier alpha value is -1.62. The van der Waals surface area contributed by atoms with Crippen LogP contribution in [0.1, 0.15) is 30.3 Å². The van der Waals surface area contributed by atoms with Crippen LogP contribution in [0.3, 0.4) is 0 Å². The average molecular weight is 276 g/mol. The molecule has 1 N–H and O–H groups in total. The van der Waals surface area contributed by atoms with Crippen LogP contribution in [-0.4, -0.2) is 60.5 Å². The van der Waals surface area contributed by atoms with Crippen molar-refractivity contribution in [2.24, 2.45) is 0 Å². The van der Waals surface area contributed by atoms with Gasteiger partial charge in [0, 0.05) is 26.2 Å². The summed E-state index contributed by atoms with van der Waals surface area (Å²) in [6.07, 6.45) is 2.21. The fourth-order valence-electron chi connectivity index (χ4n) is 2.64. The fourth-order valence-corrected chi connectivity index (χ4v) is 2.64. The monoisotopic (exact) mass is 276 g/mol. The van der Waals surface area contributed by atoms with Gasteiger partial charge < -0.3 is 15.1 Å². The molecular weight excluding hydrogens is 252 g/mol. The zero-order valence-corrected chi connectivity index (χ0v) is 12.6. The van der Waals surface area contributed by atoms with Crippen LogP contribution in [0.25, 0.3) is 0 Å². The molecule has 1 aliphatic heterocycles. The summed E-state index contributed by atoms with van der Waals surface area (Å²) in [5, 5.41) is 3.14. The first kappa shape index (κ1) is 14.8. The molecule has 1 unspecified atom stereocenters. The highest BCUT2D eigenvalue weighted by Gasteiger charge is 2.25. The van der Waals surface area contributed by atoms with Crippen molar-refractivity contribution in [3.05, 3.63) is 23.9 Å². The molecule has 0 spiro atoms. The van der Waals surface area contributed by atoms with Crippen molar-refractivity contribution >= 4 is 11.7 Å². The number of hydrogen-bond donors (Lipinski definition) is 1. The molecular formula is C15H24N4O. The summed E-state index contributed by atoms with van der Waals surface area (Å²) < 4.78 is 0. The van der Waals surface area contributed by atoms with Crippen LogP contribution in [0.4, 0.5) is 5.82 Å². The standard InChI is InChI=1S/C15H24N4O/c1-4-16-14-9-5-8-13(17-14)15(20)19(3)12-7-6-10-18(2)11-12/h5,8-9,12H,4,6-7,10-11H2,1-3H3,(H,16,17). The van der Waals surface area contributed by atoms with Crippen molar-refractivity contribution in [1.29, 1.82) is 0 Å². The molecule has 1 aromatic heterocycles. The molecule has 1 saturated heterocycles. The molecule has 0 saturated carbocycles. The predicted octanol–water partition coefficient (Wildman–Crippen LogP) is 1.68. The van der Waals surface area contributed by atoms with Crippen molar-refractivity contribution in [3.8, 4) is 0 Å². The summed E-state index contributed by atoms with van der Waals surface area (Å²) in [5.41, 5.74) is 0.513. The Balaban J connectivity index is 2.07. The minimum atomic E-state index is 0.00468. The van der Waals surface area contributed by atoms with Crippen LogP contribution >= 0.6 is 0 Å². The quantitative estimate of drug-likeness (QED) is 0.909. The average Bonchev–Trinajstić information content (AvgIpc) is 2.46. The van der Waals surface area contributed by atoms with E-state index in [2.05, 4.69) is 22.2 Å². The number of carbonyl (C=O) groups excluding carboxylic acids is 1. The van der Waals surface area contributed by atoms with Gasteiger partial charge in [-0.2, -0.15) is 0 Å². The molecule has 0 aliphatic carbocycles. The van der Waals surface area contributed by atoms with Gasteiger partial charge >= 0.3 is 0 Å². The fraction of sp³-hybridized carbons (Fsp3) is 0.600. The van der Waals surface area contributed by atoms with E-state index in [1.54, 1.807) is 6.07 Å². The second-order valence-electron chi connectivity index (χ2n) is 5.41. The maximum Gasteiger partial charge on any atom is 0.272 e. The lowest BCUT2D eigenvalue weighted by atomic mass is 10.0. The topological polar surface area (TPSA) is 48.5 Å². The molecule has 1 atom stereocenters. The number of nitrogens with one attached hydrogen (secondary N) is 1. The van der Waals surface area contributed by atoms with Crippen molar-refractivity contribution in [3.63, 3.8) is 0 Å². The third-order valence-electron chi connectivity index (χ3n) is 3.79. The minimum absolute atomic E-state index is 0.00468. The molecule has 5 nitrogen and oxygen atoms in total. The normalized spacial score (nSPS) is 19.6. The van der Waals surface area contributed by atoms with E-state index in [9.17, 15) is 4.79 Å². The van der Waals surface area contributed by atoms with Crippen LogP contribution in [0.15, 0.2) is 18.2 Å². The van der Waals surface area contributed by atoms with Gasteiger partial charge in [0.1, 0.15) is 11.5 Å². The van der Waals surface area contributed by atoms with Crippen molar-refractivity contribution in [1.82, 2.24) is 14.8 Å². The van der Waals surface area contributed by atoms with Crippen LogP contribution in [0.5, 0.6) is 0 Å². The number of likely N-dealkylation sites (N-methyl/N-ethyl adjacent to an activating group) is 2. The Bertz CT molecular complexity index is 463. The SMILES string of the molecule is CCNc1cccc(C(=O)N(C)C2CCCN(C)C2)n1. The summed E-state index contributed by atoms with van der Waals surface area (Å²) in [5.74, 6) is 0.762. The third kappa shape index (κ3) is 3.48. The van der Waals surface area contributed by atoms with E-state index in [0.29, 0.717) is 5.69 Å². The lowest BCUT2D eigenvalue weighted by Crippen LogP contribution is -2.47. The van der Waals surface area contributed by atoms with Gasteiger partial charge in [-0.1, -0.05) is 6.07 Å². The first-order valence-corrected chi connectivity index (χ1v) is 7.28. The molecule has 110 valence electrons. The van der Waals surface area contributed by atoms with E-state index in [4.69, 9.17) is 0 Å². The Kier molecular flexibility index (Phi) is 4.95. The summed E-state index contributed by atoms with van der Waals surface area (Å²) in [7, 11) is 3.99. The number of hydrogen-bond acceptors (Lipinski definition) is 4. The molecule has 1 aromatic rings. The molecule has 0 aromatic carbocycles. The first-order valence-electron chi connectivity index (χ1n) is 7.28. The highest BCUT2D eigenvalue weighted by atomic mass is 16.2. The Morgan fingerprint density at radius 2 is 2.35 bits per heavy atom. The number of likely N-dealkylation sites (tertiary alicyclic amines) is 1. The van der Waals surface area contributed by atoms with Gasteiger partial charge in [-0.15, -0.1) is 0 Å². The summed E-state index contributed by atoms with van der Waals surface area (Å²) in [6.45, 7) is 4.87. The summed E-state index contributed by atoms with van der Waals surface area (Å²) in [4.78, 5) is 21.0. The van der Waals surface area contributed by atoms with Gasteiger partial charge in [-0.3, -0.25) is 4.79 Å². The molecule has 2 rings (SSSR count). The van der Waals surface area contributed by atoms with Crippen molar-refractivity contribution in [2.75, 3.05) is 39.0 Å². The Morgan fingerprint density at radius 1 is 1.55 bits per heavy atom. The summed E-state index contributed by atoms with van der Waals surface area (Å²) in [6, 6.07) is 5.82. The molecule has 1 fully saturated rings. The van der Waals surface area contributed by atoms with E-state index >= 15 is 0 Å². The molecule has 0 radical (unpaired) electrons. The van der Waals surface area contributed by atoms with Gasteiger partial charge in [0.25, 0.3) is 5.91 Å². The number of aromatic nitrogens is 1. The zero-order chi connectivity index (χ0) is 14.5. The third-order valence-corrected chi connectivity index (χ3v) is 3.79. The second kappa shape index (κ2) is 6.70. The highest BCUT2D eigenvalue weighted by Crippen LogP contribution is 2.16. The molecule has 2 heterocycles. The highest BCUT2D eigenvalue weighted by molar-refractivity contribution is 5.92. The smallest absolute Gasteiger partial charge is 0.272 e. The molecule has 0 bridgehead atoms. The van der Waals surface area contributed by atoms with Gasteiger partial charge in [0.15, 0.2) is 0 Å². The van der Waals surface area contributed by atoms with Crippen LogP contribution in [-0.2, 0) is 0 Å². The number of nitrogens with zero attached hydrogens (tertiary/aromatic N) is 3. The maximum atomic E-state index is 12.5. The van der Waals surface area contributed by atoms with Gasteiger partial charge in [-0.05, 0) is 45.5 Å². The van der Waals surface area contributed by atoms with Gasteiger partial charge in [0.2, 0.25) is 0 Å². The largest absolute Gasteiger partial charge is 0.370 e. The number of carbonyl (C=O) groups is 1. The van der Waals surface area contributed by atoms with E-state index < -0.39 is 0 Å².